The number of ether oxygens (including phenoxy) is 7. The first-order valence-electron chi connectivity index (χ1n) is 22.6. The van der Waals surface area contributed by atoms with Gasteiger partial charge in [-0.05, 0) is 112 Å². The number of pyridine rings is 1. The first-order valence-corrected chi connectivity index (χ1v) is 23.0. The van der Waals surface area contributed by atoms with E-state index in [2.05, 4.69) is 20.9 Å². The highest BCUT2D eigenvalue weighted by Crippen LogP contribution is 2.43. The molecule has 10 unspecified atom stereocenters. The van der Waals surface area contributed by atoms with Crippen molar-refractivity contribution in [3.05, 3.63) is 23.5 Å². The molecule has 3 fully saturated rings. The molecule has 358 valence electrons. The molecule has 1 aromatic rings. The van der Waals surface area contributed by atoms with Gasteiger partial charge >= 0.3 is 5.97 Å². The number of hydrogen-bond donors (Lipinski definition) is 7. The maximum absolute atomic E-state index is 14.5. The molecule has 1 aromatic heterocycles. The molecular weight excluding hydrogens is 824 g/mol. The number of rotatable bonds is 13. The SMILES string of the molecule is CCCNC[C@]1(O)[C@H](C)O[C@@H](OC2C(C)C(=O)OC(CC)C(C)(O)C(O)C(C)NCC(C)CC(C)(O)C(O[C@@H]3O[C@H](C)C[C@H](NC)[C@H]3Oc3cccnc3Cl)C2C)C[C@@]1(C)OC. The lowest BCUT2D eigenvalue weighted by Gasteiger charge is -2.53. The summed E-state index contributed by atoms with van der Waals surface area (Å²) in [4.78, 5) is 18.7. The van der Waals surface area contributed by atoms with Crippen LogP contribution in [0, 0.1) is 17.8 Å². The fraction of sp³-hybridized carbons (Fsp3) is 0.867. The summed E-state index contributed by atoms with van der Waals surface area (Å²) in [5, 5.41) is 58.3. The lowest BCUT2D eigenvalue weighted by molar-refractivity contribution is -0.335. The number of nitrogens with zero attached hydrogens (tertiary/aromatic N) is 1. The molecule has 16 nitrogen and oxygen atoms in total. The fourth-order valence-electron chi connectivity index (χ4n) is 9.73. The van der Waals surface area contributed by atoms with Crippen LogP contribution in [0.1, 0.15) is 108 Å². The number of likely N-dealkylation sites (N-methyl/N-ethyl adjacent to an activating group) is 1. The molecule has 4 rings (SSSR count). The summed E-state index contributed by atoms with van der Waals surface area (Å²) in [5.74, 6) is -2.40. The van der Waals surface area contributed by atoms with Crippen LogP contribution in [-0.2, 0) is 33.2 Å². The number of aliphatic hydroxyl groups is 4. The molecule has 0 saturated carbocycles. The van der Waals surface area contributed by atoms with Crippen molar-refractivity contribution in [1.29, 1.82) is 0 Å². The third-order valence-electron chi connectivity index (χ3n) is 13.7. The van der Waals surface area contributed by atoms with Gasteiger partial charge in [-0.1, -0.05) is 39.3 Å². The van der Waals surface area contributed by atoms with Crippen molar-refractivity contribution in [2.75, 3.05) is 33.8 Å². The van der Waals surface area contributed by atoms with Crippen LogP contribution in [0.15, 0.2) is 18.3 Å². The number of halogens is 1. The topological polar surface area (TPSA) is 212 Å². The standard InChI is InChI=1S/C45H79ClN4O12/c1-14-18-48-24-45(55)30(8)58-34(22-43(45,10)56-13)61-35-27(5)38(62-41-36(31(47-12)20-26(4)57-41)59-32-17-16-19-49-39(32)46)42(9,53)21-25(3)23-50-29(7)37(51)44(11,54)33(15-2)60-40(52)28(35)6/h16-17,19,25-31,33-38,41,47-48,50-51,53-55H,14-15,18,20-24H2,1-13H3/t25?,26-,27?,28?,29?,30+,31+,33?,34+,35?,36-,37?,38?,41+,42?,43-,44?,45+/m1/s1. The van der Waals surface area contributed by atoms with Crippen molar-refractivity contribution in [2.45, 2.75) is 198 Å². The Bertz CT molecular complexity index is 1560. The molecule has 18 atom stereocenters. The Kier molecular flexibility index (Phi) is 18.9. The molecule has 3 saturated heterocycles. The van der Waals surface area contributed by atoms with E-state index in [-0.39, 0.29) is 49.0 Å². The third kappa shape index (κ3) is 12.0. The van der Waals surface area contributed by atoms with E-state index in [0.29, 0.717) is 25.3 Å². The monoisotopic (exact) mass is 903 g/mol. The minimum atomic E-state index is -1.83. The maximum atomic E-state index is 14.5. The predicted octanol–water partition coefficient (Wildman–Crippen LogP) is 3.72. The highest BCUT2D eigenvalue weighted by atomic mass is 35.5. The fourth-order valence-corrected chi connectivity index (χ4v) is 9.89. The van der Waals surface area contributed by atoms with E-state index in [4.69, 9.17) is 44.8 Å². The van der Waals surface area contributed by atoms with Gasteiger partial charge in [0.15, 0.2) is 29.6 Å². The largest absolute Gasteiger partial charge is 0.480 e. The van der Waals surface area contributed by atoms with Crippen molar-refractivity contribution < 1.29 is 58.4 Å². The molecule has 3 aliphatic heterocycles. The molecule has 17 heteroatoms. The minimum absolute atomic E-state index is 0.0824. The lowest BCUT2D eigenvalue weighted by Crippen LogP contribution is -2.70. The number of aromatic nitrogens is 1. The van der Waals surface area contributed by atoms with Gasteiger partial charge in [-0.15, -0.1) is 0 Å². The van der Waals surface area contributed by atoms with Crippen molar-refractivity contribution in [1.82, 2.24) is 20.9 Å². The molecule has 0 spiro atoms. The van der Waals surface area contributed by atoms with E-state index in [1.165, 1.54) is 14.0 Å². The Morgan fingerprint density at radius 2 is 1.71 bits per heavy atom. The number of methoxy groups -OCH3 is 1. The second-order valence-corrected chi connectivity index (χ2v) is 19.3. The van der Waals surface area contributed by atoms with Gasteiger partial charge in [0, 0.05) is 38.2 Å². The van der Waals surface area contributed by atoms with Crippen molar-refractivity contribution in [3.63, 3.8) is 0 Å². The van der Waals surface area contributed by atoms with Crippen LogP contribution >= 0.6 is 11.6 Å². The van der Waals surface area contributed by atoms with E-state index in [1.807, 2.05) is 41.7 Å². The average Bonchev–Trinajstić information content (AvgIpc) is 3.22. The molecule has 7 N–H and O–H groups in total. The number of esters is 1. The van der Waals surface area contributed by atoms with Crippen LogP contribution in [0.25, 0.3) is 0 Å². The smallest absolute Gasteiger partial charge is 0.311 e. The molecule has 0 bridgehead atoms. The molecule has 0 aromatic carbocycles. The van der Waals surface area contributed by atoms with Crippen LogP contribution in [0.2, 0.25) is 5.15 Å². The Morgan fingerprint density at radius 1 is 1.02 bits per heavy atom. The molecule has 0 amide bonds. The predicted molar refractivity (Wildman–Crippen MR) is 235 cm³/mol. The van der Waals surface area contributed by atoms with Gasteiger partial charge in [-0.25, -0.2) is 4.98 Å². The number of carbonyl (C=O) groups excluding carboxylic acids is 1. The normalized spacial score (nSPS) is 44.2. The second kappa shape index (κ2) is 22.1. The van der Waals surface area contributed by atoms with Crippen molar-refractivity contribution >= 4 is 17.6 Å². The third-order valence-corrected chi connectivity index (χ3v) is 14.0. The Hall–Kier alpha value is -1.77. The Morgan fingerprint density at radius 3 is 2.32 bits per heavy atom. The Balaban J connectivity index is 1.85. The van der Waals surface area contributed by atoms with Crippen molar-refractivity contribution in [3.8, 4) is 5.75 Å². The zero-order chi connectivity index (χ0) is 46.4. The van der Waals surface area contributed by atoms with Crippen LogP contribution < -0.4 is 20.7 Å². The molecule has 3 aliphatic rings. The second-order valence-electron chi connectivity index (χ2n) is 18.9. The average molecular weight is 904 g/mol. The number of aliphatic hydroxyl groups excluding tert-OH is 1. The van der Waals surface area contributed by atoms with Gasteiger partial charge in [0.25, 0.3) is 0 Å². The number of hydrogen-bond acceptors (Lipinski definition) is 16. The van der Waals surface area contributed by atoms with Crippen LogP contribution in [-0.4, -0.2) is 155 Å². The van der Waals surface area contributed by atoms with Gasteiger partial charge in [-0.2, -0.15) is 0 Å². The molecule has 0 aliphatic carbocycles. The molecular formula is C45H79ClN4O12. The zero-order valence-electron chi connectivity index (χ0n) is 39.4. The lowest BCUT2D eigenvalue weighted by atomic mass is 9.75. The van der Waals surface area contributed by atoms with Gasteiger partial charge in [0.1, 0.15) is 29.0 Å². The number of carbonyl (C=O) groups is 1. The van der Waals surface area contributed by atoms with Crippen LogP contribution in [0.5, 0.6) is 5.75 Å². The maximum Gasteiger partial charge on any atom is 0.311 e. The van der Waals surface area contributed by atoms with Crippen molar-refractivity contribution in [2.24, 2.45) is 17.8 Å². The Labute approximate surface area is 374 Å². The van der Waals surface area contributed by atoms with Gasteiger partial charge in [-0.3, -0.25) is 4.79 Å². The number of cyclic esters (lactones) is 1. The summed E-state index contributed by atoms with van der Waals surface area (Å²) in [6.45, 7) is 21.0. The first-order chi connectivity index (χ1) is 29.0. The summed E-state index contributed by atoms with van der Waals surface area (Å²) in [6.07, 6.45) is -4.96. The van der Waals surface area contributed by atoms with E-state index in [1.54, 1.807) is 52.9 Å². The van der Waals surface area contributed by atoms with Crippen LogP contribution in [0.3, 0.4) is 0 Å². The zero-order valence-corrected chi connectivity index (χ0v) is 40.1. The summed E-state index contributed by atoms with van der Waals surface area (Å²) in [6, 6.07) is 2.55. The number of nitrogens with one attached hydrogen (secondary N) is 3. The highest BCUT2D eigenvalue weighted by Gasteiger charge is 2.58. The van der Waals surface area contributed by atoms with E-state index < -0.39 is 95.5 Å². The minimum Gasteiger partial charge on any atom is -0.480 e. The first kappa shape index (κ1) is 52.9. The van der Waals surface area contributed by atoms with E-state index in [9.17, 15) is 25.2 Å². The summed E-state index contributed by atoms with van der Waals surface area (Å²) in [5.41, 5.74) is -6.04. The molecule has 62 heavy (non-hydrogen) atoms. The van der Waals surface area contributed by atoms with E-state index >= 15 is 0 Å². The van der Waals surface area contributed by atoms with Crippen LogP contribution in [0.4, 0.5) is 0 Å². The van der Waals surface area contributed by atoms with Gasteiger partial charge in [0.2, 0.25) is 0 Å². The quantitative estimate of drug-likeness (QED) is 0.0855. The highest BCUT2D eigenvalue weighted by molar-refractivity contribution is 6.30. The molecule has 0 radical (unpaired) electrons. The van der Waals surface area contributed by atoms with Gasteiger partial charge in [0.05, 0.1) is 42.0 Å². The summed E-state index contributed by atoms with van der Waals surface area (Å²) in [7, 11) is 3.37. The van der Waals surface area contributed by atoms with Gasteiger partial charge < -0.3 is 69.5 Å². The molecule has 4 heterocycles. The summed E-state index contributed by atoms with van der Waals surface area (Å²) >= 11 is 6.50. The summed E-state index contributed by atoms with van der Waals surface area (Å²) < 4.78 is 45.7. The van der Waals surface area contributed by atoms with E-state index in [0.717, 1.165) is 6.42 Å².